The van der Waals surface area contributed by atoms with E-state index in [-0.39, 0.29) is 0 Å². The zero-order valence-corrected chi connectivity index (χ0v) is 9.20. The number of nitrogens with two attached hydrogens (primary N) is 1. The van der Waals surface area contributed by atoms with E-state index >= 15 is 0 Å². The highest BCUT2D eigenvalue weighted by Gasteiger charge is 2.24. The van der Waals surface area contributed by atoms with Crippen molar-refractivity contribution in [2.24, 2.45) is 5.73 Å². The number of hydrogen-bond acceptors (Lipinski definition) is 2. The Balaban J connectivity index is 2.10. The monoisotopic (exact) mass is 223 g/mol. The molecule has 0 amide bonds. The molecule has 2 rings (SSSR count). The second-order valence-electron chi connectivity index (χ2n) is 3.65. The molecular formula is C12H14ClNO. The fourth-order valence-corrected chi connectivity index (χ4v) is 1.52. The SMILES string of the molecule is NC/C=C/c1ccc(OC2CC2)c(Cl)c1. The van der Waals surface area contributed by atoms with Crippen LogP contribution in [-0.2, 0) is 0 Å². The van der Waals surface area contributed by atoms with Crippen LogP contribution in [0.3, 0.4) is 0 Å². The lowest BCUT2D eigenvalue weighted by molar-refractivity contribution is 0.303. The summed E-state index contributed by atoms with van der Waals surface area (Å²) in [5.74, 6) is 0.782. The van der Waals surface area contributed by atoms with Gasteiger partial charge in [0.1, 0.15) is 5.75 Å². The zero-order chi connectivity index (χ0) is 10.7. The standard InChI is InChI=1S/C12H14ClNO/c13-11-8-9(2-1-7-14)3-6-12(11)15-10-4-5-10/h1-3,6,8,10H,4-5,7,14H2/b2-1+. The van der Waals surface area contributed by atoms with E-state index in [9.17, 15) is 0 Å². The Morgan fingerprint density at radius 1 is 1.47 bits per heavy atom. The van der Waals surface area contributed by atoms with E-state index in [2.05, 4.69) is 0 Å². The summed E-state index contributed by atoms with van der Waals surface area (Å²) in [5.41, 5.74) is 6.42. The Kier molecular flexibility index (Phi) is 3.29. The smallest absolute Gasteiger partial charge is 0.138 e. The Morgan fingerprint density at radius 2 is 2.27 bits per heavy atom. The van der Waals surface area contributed by atoms with E-state index in [0.29, 0.717) is 17.7 Å². The Hall–Kier alpha value is -0.990. The van der Waals surface area contributed by atoms with Gasteiger partial charge in [-0.15, -0.1) is 0 Å². The topological polar surface area (TPSA) is 35.2 Å². The highest BCUT2D eigenvalue weighted by Crippen LogP contribution is 2.32. The van der Waals surface area contributed by atoms with Crippen LogP contribution in [0.2, 0.25) is 5.02 Å². The summed E-state index contributed by atoms with van der Waals surface area (Å²) in [4.78, 5) is 0. The van der Waals surface area contributed by atoms with Gasteiger partial charge in [-0.1, -0.05) is 29.8 Å². The predicted molar refractivity (Wildman–Crippen MR) is 63.2 cm³/mol. The van der Waals surface area contributed by atoms with Gasteiger partial charge >= 0.3 is 0 Å². The minimum atomic E-state index is 0.382. The molecule has 80 valence electrons. The van der Waals surface area contributed by atoms with Crippen molar-refractivity contribution in [3.8, 4) is 5.75 Å². The third-order valence-electron chi connectivity index (χ3n) is 2.22. The molecule has 0 aliphatic heterocycles. The lowest BCUT2D eigenvalue weighted by Crippen LogP contribution is -1.96. The van der Waals surface area contributed by atoms with Crippen LogP contribution in [-0.4, -0.2) is 12.6 Å². The molecule has 0 spiro atoms. The number of hydrogen-bond donors (Lipinski definition) is 1. The van der Waals surface area contributed by atoms with Gasteiger partial charge in [-0.3, -0.25) is 0 Å². The molecule has 1 fully saturated rings. The molecular weight excluding hydrogens is 210 g/mol. The fraction of sp³-hybridized carbons (Fsp3) is 0.333. The highest BCUT2D eigenvalue weighted by molar-refractivity contribution is 6.32. The number of halogens is 1. The van der Waals surface area contributed by atoms with E-state index in [4.69, 9.17) is 22.1 Å². The molecule has 1 aliphatic rings. The van der Waals surface area contributed by atoms with Gasteiger partial charge in [0.15, 0.2) is 0 Å². The van der Waals surface area contributed by atoms with E-state index in [0.717, 1.165) is 24.2 Å². The van der Waals surface area contributed by atoms with Gasteiger partial charge in [0.25, 0.3) is 0 Å². The van der Waals surface area contributed by atoms with Crippen LogP contribution < -0.4 is 10.5 Å². The molecule has 1 aliphatic carbocycles. The van der Waals surface area contributed by atoms with Gasteiger partial charge < -0.3 is 10.5 Å². The van der Waals surface area contributed by atoms with Crippen molar-refractivity contribution in [3.63, 3.8) is 0 Å². The molecule has 1 aromatic rings. The minimum Gasteiger partial charge on any atom is -0.489 e. The van der Waals surface area contributed by atoms with Gasteiger partial charge in [0.2, 0.25) is 0 Å². The number of ether oxygens (including phenoxy) is 1. The van der Waals surface area contributed by atoms with Gasteiger partial charge in [-0.05, 0) is 30.5 Å². The number of benzene rings is 1. The first-order valence-corrected chi connectivity index (χ1v) is 5.50. The van der Waals surface area contributed by atoms with E-state index < -0.39 is 0 Å². The molecule has 0 aromatic heterocycles. The molecule has 0 unspecified atom stereocenters. The lowest BCUT2D eigenvalue weighted by Gasteiger charge is -2.06. The average Bonchev–Trinajstić information content (AvgIpc) is 3.02. The van der Waals surface area contributed by atoms with Crippen molar-refractivity contribution >= 4 is 17.7 Å². The molecule has 2 nitrogen and oxygen atoms in total. The maximum atomic E-state index is 6.09. The van der Waals surface area contributed by atoms with E-state index in [1.165, 1.54) is 0 Å². The Bertz CT molecular complexity index is 372. The van der Waals surface area contributed by atoms with Crippen molar-refractivity contribution in [3.05, 3.63) is 34.9 Å². The van der Waals surface area contributed by atoms with Gasteiger partial charge in [0.05, 0.1) is 11.1 Å². The van der Waals surface area contributed by atoms with Crippen LogP contribution in [0.5, 0.6) is 5.75 Å². The summed E-state index contributed by atoms with van der Waals surface area (Å²) in [6.45, 7) is 0.540. The maximum Gasteiger partial charge on any atom is 0.138 e. The summed E-state index contributed by atoms with van der Waals surface area (Å²) in [6, 6.07) is 5.79. The second kappa shape index (κ2) is 4.69. The second-order valence-corrected chi connectivity index (χ2v) is 4.05. The highest BCUT2D eigenvalue weighted by atomic mass is 35.5. The summed E-state index contributed by atoms with van der Waals surface area (Å²) in [7, 11) is 0. The first-order chi connectivity index (χ1) is 7.29. The molecule has 3 heteroatoms. The number of rotatable bonds is 4. The fourth-order valence-electron chi connectivity index (χ4n) is 1.29. The van der Waals surface area contributed by atoms with Crippen LogP contribution in [0.25, 0.3) is 6.08 Å². The van der Waals surface area contributed by atoms with E-state index in [1.54, 1.807) is 0 Å². The largest absolute Gasteiger partial charge is 0.489 e. The van der Waals surface area contributed by atoms with Crippen molar-refractivity contribution in [1.29, 1.82) is 0 Å². The maximum absolute atomic E-state index is 6.09. The van der Waals surface area contributed by atoms with Crippen LogP contribution in [0, 0.1) is 0 Å². The van der Waals surface area contributed by atoms with Crippen molar-refractivity contribution in [2.45, 2.75) is 18.9 Å². The molecule has 0 radical (unpaired) electrons. The molecule has 1 aromatic carbocycles. The molecule has 0 bridgehead atoms. The van der Waals surface area contributed by atoms with Crippen molar-refractivity contribution in [2.75, 3.05) is 6.54 Å². The summed E-state index contributed by atoms with van der Waals surface area (Å²) in [5, 5.41) is 0.668. The molecule has 0 saturated heterocycles. The molecule has 0 heterocycles. The zero-order valence-electron chi connectivity index (χ0n) is 8.45. The summed E-state index contributed by atoms with van der Waals surface area (Å²) < 4.78 is 5.63. The normalized spacial score (nSPS) is 15.9. The third-order valence-corrected chi connectivity index (χ3v) is 2.52. The summed E-state index contributed by atoms with van der Waals surface area (Å²) in [6.07, 6.45) is 6.52. The molecule has 15 heavy (non-hydrogen) atoms. The average molecular weight is 224 g/mol. The van der Waals surface area contributed by atoms with Crippen LogP contribution >= 0.6 is 11.6 Å². The Morgan fingerprint density at radius 3 is 2.87 bits per heavy atom. The first-order valence-electron chi connectivity index (χ1n) is 5.12. The molecule has 0 atom stereocenters. The van der Waals surface area contributed by atoms with Crippen LogP contribution in [0.15, 0.2) is 24.3 Å². The molecule has 1 saturated carbocycles. The predicted octanol–water partition coefficient (Wildman–Crippen LogP) is 2.85. The van der Waals surface area contributed by atoms with Gasteiger partial charge in [-0.25, -0.2) is 0 Å². The Labute approximate surface area is 94.7 Å². The minimum absolute atomic E-state index is 0.382. The van der Waals surface area contributed by atoms with Crippen LogP contribution in [0.1, 0.15) is 18.4 Å². The van der Waals surface area contributed by atoms with Gasteiger partial charge in [-0.2, -0.15) is 0 Å². The quantitative estimate of drug-likeness (QED) is 0.852. The summed E-state index contributed by atoms with van der Waals surface area (Å²) >= 11 is 6.09. The van der Waals surface area contributed by atoms with Crippen molar-refractivity contribution < 1.29 is 4.74 Å². The lowest BCUT2D eigenvalue weighted by atomic mass is 10.2. The van der Waals surface area contributed by atoms with Gasteiger partial charge in [0, 0.05) is 6.54 Å². The van der Waals surface area contributed by atoms with E-state index in [1.807, 2.05) is 30.4 Å². The molecule has 2 N–H and O–H groups in total. The third kappa shape index (κ3) is 2.98. The van der Waals surface area contributed by atoms with Crippen LogP contribution in [0.4, 0.5) is 0 Å². The van der Waals surface area contributed by atoms with Crippen molar-refractivity contribution in [1.82, 2.24) is 0 Å². The first kappa shape index (κ1) is 10.5.